The van der Waals surface area contributed by atoms with Gasteiger partial charge >= 0.3 is 0 Å². The van der Waals surface area contributed by atoms with E-state index in [-0.39, 0.29) is 5.69 Å². The molecule has 0 atom stereocenters. The van der Waals surface area contributed by atoms with Gasteiger partial charge in [-0.1, -0.05) is 15.9 Å². The predicted octanol–water partition coefficient (Wildman–Crippen LogP) is 2.00. The van der Waals surface area contributed by atoms with Crippen molar-refractivity contribution in [3.05, 3.63) is 38.3 Å². The number of halogens is 1. The molecule has 1 fully saturated rings. The molecule has 0 bridgehead atoms. The number of nitro groups is 1. The molecular formula is C13H15BrN4O2. The van der Waals surface area contributed by atoms with Crippen molar-refractivity contribution in [3.8, 4) is 6.07 Å². The molecule has 0 radical (unpaired) electrons. The summed E-state index contributed by atoms with van der Waals surface area (Å²) in [6.45, 7) is 4.83. The molecule has 7 heteroatoms. The zero-order valence-electron chi connectivity index (χ0n) is 11.0. The number of rotatable bonds is 4. The van der Waals surface area contributed by atoms with E-state index in [9.17, 15) is 10.1 Å². The minimum atomic E-state index is -0.394. The number of piperazine rings is 1. The summed E-state index contributed by atoms with van der Waals surface area (Å²) in [5, 5.41) is 19.4. The Morgan fingerprint density at radius 1 is 1.30 bits per heavy atom. The number of non-ortho nitro benzene ring substituents is 1. The first-order chi connectivity index (χ1) is 9.60. The van der Waals surface area contributed by atoms with Crippen LogP contribution in [0.4, 0.5) is 5.69 Å². The molecule has 0 aromatic heterocycles. The van der Waals surface area contributed by atoms with Crippen molar-refractivity contribution in [1.82, 2.24) is 9.80 Å². The smallest absolute Gasteiger partial charge is 0.270 e. The normalized spacial score (nSPS) is 16.8. The molecule has 1 heterocycles. The highest BCUT2D eigenvalue weighted by atomic mass is 79.9. The first-order valence-electron chi connectivity index (χ1n) is 6.34. The molecule has 0 saturated carbocycles. The van der Waals surface area contributed by atoms with Crippen LogP contribution in [0, 0.1) is 21.4 Å². The molecule has 0 aliphatic carbocycles. The maximum atomic E-state index is 10.7. The van der Waals surface area contributed by atoms with Gasteiger partial charge in [0.25, 0.3) is 5.69 Å². The lowest BCUT2D eigenvalue weighted by molar-refractivity contribution is -0.384. The molecule has 1 aliphatic heterocycles. The third kappa shape index (κ3) is 3.76. The van der Waals surface area contributed by atoms with Gasteiger partial charge in [0.15, 0.2) is 0 Å². The van der Waals surface area contributed by atoms with Gasteiger partial charge in [-0.25, -0.2) is 0 Å². The molecule has 0 spiro atoms. The lowest BCUT2D eigenvalue weighted by Gasteiger charge is -2.33. The van der Waals surface area contributed by atoms with E-state index in [2.05, 4.69) is 31.8 Å². The van der Waals surface area contributed by atoms with Crippen LogP contribution in [0.3, 0.4) is 0 Å². The van der Waals surface area contributed by atoms with Crippen LogP contribution in [0.25, 0.3) is 0 Å². The van der Waals surface area contributed by atoms with E-state index in [0.717, 1.165) is 42.8 Å². The third-order valence-electron chi connectivity index (χ3n) is 3.40. The summed E-state index contributed by atoms with van der Waals surface area (Å²) in [5.41, 5.74) is 1.14. The highest BCUT2D eigenvalue weighted by molar-refractivity contribution is 9.10. The van der Waals surface area contributed by atoms with Crippen molar-refractivity contribution in [2.75, 3.05) is 32.7 Å². The Kier molecular flexibility index (Phi) is 5.06. The number of hydrogen-bond acceptors (Lipinski definition) is 5. The minimum absolute atomic E-state index is 0.0967. The second-order valence-corrected chi connectivity index (χ2v) is 5.60. The summed E-state index contributed by atoms with van der Waals surface area (Å²) >= 11 is 3.39. The molecule has 1 aliphatic rings. The molecule has 0 amide bonds. The molecule has 6 nitrogen and oxygen atoms in total. The zero-order valence-corrected chi connectivity index (χ0v) is 12.5. The van der Waals surface area contributed by atoms with Crippen LogP contribution in [0.5, 0.6) is 0 Å². The molecular weight excluding hydrogens is 324 g/mol. The molecule has 1 aromatic carbocycles. The van der Waals surface area contributed by atoms with Gasteiger partial charge in [-0.05, 0) is 11.6 Å². The van der Waals surface area contributed by atoms with Gasteiger partial charge < -0.3 is 0 Å². The molecule has 0 N–H and O–H groups in total. The first-order valence-corrected chi connectivity index (χ1v) is 7.14. The largest absolute Gasteiger partial charge is 0.297 e. The van der Waals surface area contributed by atoms with Crippen LogP contribution < -0.4 is 0 Å². The van der Waals surface area contributed by atoms with Crippen molar-refractivity contribution in [1.29, 1.82) is 5.26 Å². The lowest BCUT2D eigenvalue weighted by atomic mass is 10.2. The Morgan fingerprint density at radius 3 is 2.50 bits per heavy atom. The van der Waals surface area contributed by atoms with Gasteiger partial charge in [0, 0.05) is 49.3 Å². The number of nitro benzene ring substituents is 1. The number of nitrogens with zero attached hydrogens (tertiary/aromatic N) is 4. The van der Waals surface area contributed by atoms with Gasteiger partial charge in [-0.3, -0.25) is 19.9 Å². The Hall–Kier alpha value is -1.49. The van der Waals surface area contributed by atoms with Crippen LogP contribution in [-0.2, 0) is 6.54 Å². The van der Waals surface area contributed by atoms with Crippen molar-refractivity contribution in [2.45, 2.75) is 6.54 Å². The summed E-state index contributed by atoms with van der Waals surface area (Å²) in [4.78, 5) is 14.7. The summed E-state index contributed by atoms with van der Waals surface area (Å²) in [6, 6.07) is 7.04. The molecule has 1 aromatic rings. The number of nitriles is 1. The number of hydrogen-bond donors (Lipinski definition) is 0. The Bertz CT molecular complexity index is 536. The molecule has 20 heavy (non-hydrogen) atoms. The monoisotopic (exact) mass is 338 g/mol. The summed E-state index contributed by atoms with van der Waals surface area (Å²) in [7, 11) is 0. The van der Waals surface area contributed by atoms with Crippen LogP contribution in [0.15, 0.2) is 22.7 Å². The van der Waals surface area contributed by atoms with Gasteiger partial charge in [0.1, 0.15) is 0 Å². The van der Waals surface area contributed by atoms with Gasteiger partial charge in [-0.2, -0.15) is 5.26 Å². The van der Waals surface area contributed by atoms with Crippen LogP contribution >= 0.6 is 15.9 Å². The van der Waals surface area contributed by atoms with E-state index < -0.39 is 4.92 Å². The van der Waals surface area contributed by atoms with Gasteiger partial charge in [0.2, 0.25) is 0 Å². The topological polar surface area (TPSA) is 73.4 Å². The quantitative estimate of drug-likeness (QED) is 0.477. The highest BCUT2D eigenvalue weighted by Gasteiger charge is 2.18. The van der Waals surface area contributed by atoms with Crippen molar-refractivity contribution in [2.24, 2.45) is 0 Å². The van der Waals surface area contributed by atoms with Crippen LogP contribution in [0.1, 0.15) is 5.56 Å². The average molecular weight is 339 g/mol. The minimum Gasteiger partial charge on any atom is -0.297 e. The fraction of sp³-hybridized carbons (Fsp3) is 0.462. The van der Waals surface area contributed by atoms with Crippen molar-refractivity contribution in [3.63, 3.8) is 0 Å². The summed E-state index contributed by atoms with van der Waals surface area (Å²) in [5.74, 6) is 0. The fourth-order valence-electron chi connectivity index (χ4n) is 2.22. The molecule has 0 unspecified atom stereocenters. The second-order valence-electron chi connectivity index (χ2n) is 4.74. The van der Waals surface area contributed by atoms with Gasteiger partial charge in [-0.15, -0.1) is 0 Å². The average Bonchev–Trinajstić information content (AvgIpc) is 2.43. The Balaban J connectivity index is 1.95. The van der Waals surface area contributed by atoms with E-state index in [0.29, 0.717) is 6.54 Å². The Labute approximate surface area is 125 Å². The summed E-state index contributed by atoms with van der Waals surface area (Å²) < 4.78 is 0.770. The van der Waals surface area contributed by atoms with E-state index >= 15 is 0 Å². The third-order valence-corrected chi connectivity index (χ3v) is 4.14. The SMILES string of the molecule is N#CCN1CCN(Cc2ccc([N+](=O)[O-])cc2Br)CC1. The fourth-order valence-corrected chi connectivity index (χ4v) is 2.72. The first kappa shape index (κ1) is 14.9. The van der Waals surface area contributed by atoms with E-state index in [1.54, 1.807) is 12.1 Å². The highest BCUT2D eigenvalue weighted by Crippen LogP contribution is 2.24. The molecule has 1 saturated heterocycles. The van der Waals surface area contributed by atoms with Crippen LogP contribution in [0.2, 0.25) is 0 Å². The zero-order chi connectivity index (χ0) is 14.5. The van der Waals surface area contributed by atoms with Crippen LogP contribution in [-0.4, -0.2) is 47.4 Å². The van der Waals surface area contributed by atoms with E-state index in [1.807, 2.05) is 0 Å². The number of benzene rings is 1. The van der Waals surface area contributed by atoms with E-state index in [1.165, 1.54) is 6.07 Å². The second kappa shape index (κ2) is 6.79. The molecule has 2 rings (SSSR count). The van der Waals surface area contributed by atoms with Crippen molar-refractivity contribution < 1.29 is 4.92 Å². The maximum Gasteiger partial charge on any atom is 0.270 e. The Morgan fingerprint density at radius 2 is 1.95 bits per heavy atom. The predicted molar refractivity (Wildman–Crippen MR) is 78.1 cm³/mol. The van der Waals surface area contributed by atoms with E-state index in [4.69, 9.17) is 5.26 Å². The van der Waals surface area contributed by atoms with Gasteiger partial charge in [0.05, 0.1) is 17.5 Å². The standard InChI is InChI=1S/C13H15BrN4O2/c14-13-9-12(18(19)20)2-1-11(13)10-17-7-5-16(4-3-15)6-8-17/h1-2,9H,4-8,10H2. The summed E-state index contributed by atoms with van der Waals surface area (Å²) in [6.07, 6.45) is 0. The molecule has 106 valence electrons. The van der Waals surface area contributed by atoms with Crippen molar-refractivity contribution >= 4 is 21.6 Å². The lowest BCUT2D eigenvalue weighted by Crippen LogP contribution is -2.45. The maximum absolute atomic E-state index is 10.7.